The maximum Gasteiger partial charge on any atom is 0.338 e. The number of hydrogen-bond acceptors (Lipinski definition) is 7. The Labute approximate surface area is 258 Å². The molecule has 0 bridgehead atoms. The fourth-order valence-electron chi connectivity index (χ4n) is 5.18. The SMILES string of the molecule is C=CCOC(=O)C1=C(C)N=c2s/c(=C/c3cn(-c4ccccc4)nc3-c3ccc(C)cc3)c(=O)n2C1c1ccc(OC)cc1. The van der Waals surface area contributed by atoms with E-state index in [1.807, 2.05) is 90.6 Å². The standard InChI is InChI=1S/C35H30N4O4S/c1-5-19-43-34(41)30-23(3)36-35-39(32(30)25-15-17-28(42-4)18-16-25)33(40)29(44-35)20-26-21-38(27-9-7-6-8-10-27)37-31(26)24-13-11-22(2)12-14-24/h5-18,20-21,32H,1,19H2,2-4H3/b29-20+. The quantitative estimate of drug-likeness (QED) is 0.182. The molecule has 3 heterocycles. The maximum atomic E-state index is 14.2. The summed E-state index contributed by atoms with van der Waals surface area (Å²) < 4.78 is 14.6. The maximum absolute atomic E-state index is 14.2. The fraction of sp³-hybridized carbons (Fsp3) is 0.143. The van der Waals surface area contributed by atoms with Gasteiger partial charge in [-0.25, -0.2) is 14.5 Å². The zero-order chi connectivity index (χ0) is 30.8. The van der Waals surface area contributed by atoms with Crippen molar-refractivity contribution < 1.29 is 14.3 Å². The summed E-state index contributed by atoms with van der Waals surface area (Å²) in [5, 5.41) is 4.91. The summed E-state index contributed by atoms with van der Waals surface area (Å²) in [7, 11) is 1.59. The normalized spacial score (nSPS) is 14.6. The van der Waals surface area contributed by atoms with Crippen LogP contribution in [-0.2, 0) is 9.53 Å². The van der Waals surface area contributed by atoms with Gasteiger partial charge in [-0.15, -0.1) is 0 Å². The Morgan fingerprint density at radius 1 is 1.02 bits per heavy atom. The lowest BCUT2D eigenvalue weighted by molar-refractivity contribution is -0.138. The predicted octanol–water partition coefficient (Wildman–Crippen LogP) is 5.13. The minimum Gasteiger partial charge on any atom is -0.497 e. The number of carbonyl (C=O) groups excluding carboxylic acids is 1. The molecule has 0 spiro atoms. The minimum atomic E-state index is -0.736. The van der Waals surface area contributed by atoms with Gasteiger partial charge in [0, 0.05) is 17.3 Å². The molecule has 0 amide bonds. The van der Waals surface area contributed by atoms with Crippen LogP contribution in [0.25, 0.3) is 23.0 Å². The molecule has 0 saturated heterocycles. The van der Waals surface area contributed by atoms with Gasteiger partial charge in [-0.2, -0.15) is 5.10 Å². The van der Waals surface area contributed by atoms with Gasteiger partial charge in [0.25, 0.3) is 5.56 Å². The number of hydrogen-bond donors (Lipinski definition) is 0. The Morgan fingerprint density at radius 2 is 1.75 bits per heavy atom. The molecule has 1 unspecified atom stereocenters. The summed E-state index contributed by atoms with van der Waals surface area (Å²) in [6.45, 7) is 7.49. The largest absolute Gasteiger partial charge is 0.497 e. The molecule has 1 atom stereocenters. The summed E-state index contributed by atoms with van der Waals surface area (Å²) in [4.78, 5) is 32.7. The molecule has 2 aromatic heterocycles. The first-order valence-corrected chi connectivity index (χ1v) is 14.9. The number of nitrogens with zero attached hydrogens (tertiary/aromatic N) is 4. The van der Waals surface area contributed by atoms with Crippen LogP contribution in [0.5, 0.6) is 5.75 Å². The van der Waals surface area contributed by atoms with Crippen molar-refractivity contribution in [2.75, 3.05) is 13.7 Å². The van der Waals surface area contributed by atoms with Crippen LogP contribution in [0.3, 0.4) is 0 Å². The van der Waals surface area contributed by atoms with E-state index in [0.717, 1.165) is 33.6 Å². The molecule has 44 heavy (non-hydrogen) atoms. The Hall–Kier alpha value is -5.28. The van der Waals surface area contributed by atoms with Gasteiger partial charge in [0.15, 0.2) is 4.80 Å². The van der Waals surface area contributed by atoms with Crippen molar-refractivity contribution in [1.82, 2.24) is 14.3 Å². The van der Waals surface area contributed by atoms with E-state index < -0.39 is 12.0 Å². The number of fused-ring (bicyclic) bond motifs is 1. The average molecular weight is 603 g/mol. The van der Waals surface area contributed by atoms with Gasteiger partial charge in [-0.1, -0.05) is 84.2 Å². The second-order valence-corrected chi connectivity index (χ2v) is 11.3. The Morgan fingerprint density at radius 3 is 2.43 bits per heavy atom. The third kappa shape index (κ3) is 5.45. The number of methoxy groups -OCH3 is 1. The highest BCUT2D eigenvalue weighted by Crippen LogP contribution is 2.32. The highest BCUT2D eigenvalue weighted by atomic mass is 32.1. The van der Waals surface area contributed by atoms with Crippen LogP contribution in [0.1, 0.15) is 29.7 Å². The van der Waals surface area contributed by atoms with Crippen molar-refractivity contribution in [2.45, 2.75) is 19.9 Å². The van der Waals surface area contributed by atoms with Crippen molar-refractivity contribution >= 4 is 23.4 Å². The van der Waals surface area contributed by atoms with Gasteiger partial charge in [0.05, 0.1) is 40.3 Å². The van der Waals surface area contributed by atoms with E-state index in [1.165, 1.54) is 17.4 Å². The number of aryl methyl sites for hydroxylation is 1. The molecule has 0 saturated carbocycles. The van der Waals surface area contributed by atoms with Crippen molar-refractivity contribution in [2.24, 2.45) is 4.99 Å². The van der Waals surface area contributed by atoms with Crippen LogP contribution in [0, 0.1) is 6.92 Å². The molecule has 3 aromatic carbocycles. The number of ether oxygens (including phenoxy) is 2. The summed E-state index contributed by atoms with van der Waals surface area (Å²) in [6, 6.07) is 24.5. The lowest BCUT2D eigenvalue weighted by Crippen LogP contribution is -2.39. The van der Waals surface area contributed by atoms with E-state index in [-0.39, 0.29) is 12.2 Å². The molecular formula is C35H30N4O4S. The summed E-state index contributed by atoms with van der Waals surface area (Å²) in [5.41, 5.74) is 5.76. The highest BCUT2D eigenvalue weighted by Gasteiger charge is 2.33. The molecule has 1 aliphatic heterocycles. The third-order valence-electron chi connectivity index (χ3n) is 7.38. The van der Waals surface area contributed by atoms with Crippen LogP contribution >= 0.6 is 11.3 Å². The van der Waals surface area contributed by atoms with Crippen molar-refractivity contribution in [3.63, 3.8) is 0 Å². The number of rotatable bonds is 8. The highest BCUT2D eigenvalue weighted by molar-refractivity contribution is 7.07. The first-order chi connectivity index (χ1) is 21.4. The minimum absolute atomic E-state index is 0.0442. The van der Waals surface area contributed by atoms with Crippen LogP contribution in [0.2, 0.25) is 0 Å². The van der Waals surface area contributed by atoms with E-state index >= 15 is 0 Å². The first-order valence-electron chi connectivity index (χ1n) is 14.0. The van der Waals surface area contributed by atoms with Crippen LogP contribution in [0.15, 0.2) is 119 Å². The van der Waals surface area contributed by atoms with Gasteiger partial charge >= 0.3 is 5.97 Å². The number of carbonyl (C=O) groups is 1. The zero-order valence-corrected chi connectivity index (χ0v) is 25.4. The zero-order valence-electron chi connectivity index (χ0n) is 24.6. The van der Waals surface area contributed by atoms with Crippen molar-refractivity contribution in [3.05, 3.63) is 145 Å². The summed E-state index contributed by atoms with van der Waals surface area (Å²) in [6.07, 6.45) is 5.28. The number of aromatic nitrogens is 3. The molecule has 0 radical (unpaired) electrons. The number of benzene rings is 3. The third-order valence-corrected chi connectivity index (χ3v) is 8.36. The summed E-state index contributed by atoms with van der Waals surface area (Å²) in [5.74, 6) is 0.115. The molecule has 8 nitrogen and oxygen atoms in total. The van der Waals surface area contributed by atoms with E-state index in [9.17, 15) is 9.59 Å². The molecule has 6 rings (SSSR count). The number of allylic oxidation sites excluding steroid dienone is 1. The van der Waals surface area contributed by atoms with Crippen LogP contribution < -0.4 is 19.6 Å². The predicted molar refractivity (Wildman–Crippen MR) is 172 cm³/mol. The first kappa shape index (κ1) is 28.8. The van der Waals surface area contributed by atoms with E-state index in [0.29, 0.717) is 26.4 Å². The van der Waals surface area contributed by atoms with Crippen molar-refractivity contribution in [1.29, 1.82) is 0 Å². The fourth-order valence-corrected chi connectivity index (χ4v) is 6.22. The molecule has 220 valence electrons. The van der Waals surface area contributed by atoms with Crippen LogP contribution in [0.4, 0.5) is 0 Å². The van der Waals surface area contributed by atoms with Gasteiger partial charge in [-0.05, 0) is 49.8 Å². The Kier molecular flexibility index (Phi) is 7.95. The van der Waals surface area contributed by atoms with E-state index in [1.54, 1.807) is 30.7 Å². The molecule has 0 N–H and O–H groups in total. The second kappa shape index (κ2) is 12.1. The van der Waals surface area contributed by atoms with Gasteiger partial charge in [-0.3, -0.25) is 9.36 Å². The van der Waals surface area contributed by atoms with Gasteiger partial charge < -0.3 is 9.47 Å². The average Bonchev–Trinajstić information content (AvgIpc) is 3.60. The van der Waals surface area contributed by atoms with E-state index in [2.05, 4.69) is 6.58 Å². The van der Waals surface area contributed by atoms with Gasteiger partial charge in [0.1, 0.15) is 12.4 Å². The lowest BCUT2D eigenvalue weighted by atomic mass is 9.96. The topological polar surface area (TPSA) is 87.7 Å². The monoisotopic (exact) mass is 602 g/mol. The second-order valence-electron chi connectivity index (χ2n) is 10.3. The molecule has 0 aliphatic carbocycles. The van der Waals surface area contributed by atoms with Crippen molar-refractivity contribution in [3.8, 4) is 22.7 Å². The van der Waals surface area contributed by atoms with E-state index in [4.69, 9.17) is 19.6 Å². The van der Waals surface area contributed by atoms with Gasteiger partial charge in [0.2, 0.25) is 0 Å². The molecule has 9 heteroatoms. The number of thiazole rings is 1. The molecular weight excluding hydrogens is 572 g/mol. The number of para-hydroxylation sites is 1. The molecule has 1 aliphatic rings. The smallest absolute Gasteiger partial charge is 0.338 e. The van der Waals surface area contributed by atoms with Crippen LogP contribution in [-0.4, -0.2) is 34.0 Å². The molecule has 0 fully saturated rings. The Bertz CT molecular complexity index is 2070. The lowest BCUT2D eigenvalue weighted by Gasteiger charge is -2.24. The molecule has 5 aromatic rings. The summed E-state index contributed by atoms with van der Waals surface area (Å²) >= 11 is 1.27. The Balaban J connectivity index is 1.54. The number of esters is 1.